The molecule has 32 heavy (non-hydrogen) atoms. The van der Waals surface area contributed by atoms with Gasteiger partial charge in [-0.1, -0.05) is 89.9 Å². The molecule has 1 aliphatic heterocycles. The lowest BCUT2D eigenvalue weighted by Crippen LogP contribution is -2.22. The Bertz CT molecular complexity index is 1150. The topological polar surface area (TPSA) is 3.24 Å². The van der Waals surface area contributed by atoms with Crippen molar-refractivity contribution in [2.45, 2.75) is 45.4 Å². The van der Waals surface area contributed by atoms with E-state index in [9.17, 15) is 0 Å². The summed E-state index contributed by atoms with van der Waals surface area (Å²) in [5.74, 6) is 0. The van der Waals surface area contributed by atoms with Gasteiger partial charge < -0.3 is 4.90 Å². The summed E-state index contributed by atoms with van der Waals surface area (Å²) in [6.07, 6.45) is 8.04. The van der Waals surface area contributed by atoms with Gasteiger partial charge in [-0.2, -0.15) is 0 Å². The van der Waals surface area contributed by atoms with Crippen LogP contribution in [0.5, 0.6) is 0 Å². The molecule has 0 radical (unpaired) electrons. The van der Waals surface area contributed by atoms with Crippen LogP contribution in [0.2, 0.25) is 0 Å². The molecule has 1 aliphatic rings. The van der Waals surface area contributed by atoms with Crippen LogP contribution in [-0.2, 0) is 10.8 Å². The van der Waals surface area contributed by atoms with E-state index in [2.05, 4.69) is 127 Å². The van der Waals surface area contributed by atoms with Gasteiger partial charge in [-0.15, -0.1) is 0 Å². The van der Waals surface area contributed by atoms with Gasteiger partial charge in [0.1, 0.15) is 0 Å². The van der Waals surface area contributed by atoms with Crippen LogP contribution >= 0.6 is 43.5 Å². The highest BCUT2D eigenvalue weighted by Gasteiger charge is 2.38. The summed E-state index contributed by atoms with van der Waals surface area (Å²) in [4.78, 5) is 2.24. The standard InChI is InChI=1S/C28H30Br2ClN/c1-18-8-10-20(29)16-23(18)27(3,4)19(2)9-12-22(31)13-15-26-28(5,6)24-17-21(30)11-14-25(24)32(26)7/h8-17H,2H2,1,3-7H3/b12-9+,22-13-,26-15+. The lowest BCUT2D eigenvalue weighted by Gasteiger charge is -2.28. The van der Waals surface area contributed by atoms with Crippen molar-refractivity contribution in [1.29, 1.82) is 0 Å². The Morgan fingerprint density at radius 3 is 2.38 bits per heavy atom. The van der Waals surface area contributed by atoms with Crippen LogP contribution in [0.4, 0.5) is 5.69 Å². The summed E-state index contributed by atoms with van der Waals surface area (Å²) >= 11 is 13.8. The van der Waals surface area contributed by atoms with E-state index < -0.39 is 0 Å². The van der Waals surface area contributed by atoms with Gasteiger partial charge in [0.25, 0.3) is 0 Å². The van der Waals surface area contributed by atoms with Crippen LogP contribution in [0.1, 0.15) is 44.4 Å². The van der Waals surface area contributed by atoms with Crippen molar-refractivity contribution in [1.82, 2.24) is 0 Å². The van der Waals surface area contributed by atoms with Crippen LogP contribution in [0, 0.1) is 6.92 Å². The Morgan fingerprint density at radius 1 is 1.06 bits per heavy atom. The third-order valence-corrected chi connectivity index (χ3v) is 7.75. The van der Waals surface area contributed by atoms with Crippen molar-refractivity contribution < 1.29 is 0 Å². The number of nitrogens with zero attached hydrogens (tertiary/aromatic N) is 1. The third kappa shape index (κ3) is 4.85. The zero-order valence-corrected chi connectivity index (χ0v) is 23.5. The number of aryl methyl sites for hydroxylation is 1. The van der Waals surface area contributed by atoms with E-state index in [1.807, 2.05) is 18.2 Å². The number of allylic oxidation sites excluding steroid dienone is 7. The van der Waals surface area contributed by atoms with E-state index in [-0.39, 0.29) is 10.8 Å². The molecule has 3 rings (SSSR count). The van der Waals surface area contributed by atoms with E-state index in [0.29, 0.717) is 5.03 Å². The first-order chi connectivity index (χ1) is 14.9. The molecule has 0 spiro atoms. The smallest absolute Gasteiger partial charge is 0.0448 e. The minimum Gasteiger partial charge on any atom is -0.347 e. The number of halogens is 3. The molecule has 0 atom stereocenters. The van der Waals surface area contributed by atoms with Crippen molar-refractivity contribution in [3.05, 3.63) is 109 Å². The highest BCUT2D eigenvalue weighted by molar-refractivity contribution is 9.10. The predicted octanol–water partition coefficient (Wildman–Crippen LogP) is 9.34. The van der Waals surface area contributed by atoms with Crippen molar-refractivity contribution in [3.8, 4) is 0 Å². The van der Waals surface area contributed by atoms with Crippen LogP contribution in [0.25, 0.3) is 0 Å². The van der Waals surface area contributed by atoms with E-state index in [0.717, 1.165) is 14.5 Å². The highest BCUT2D eigenvalue weighted by atomic mass is 79.9. The fourth-order valence-corrected chi connectivity index (χ4v) is 5.20. The predicted molar refractivity (Wildman–Crippen MR) is 148 cm³/mol. The molecule has 2 aromatic rings. The normalized spacial score (nSPS) is 17.3. The number of rotatable bonds is 5. The monoisotopic (exact) mass is 573 g/mol. The number of anilines is 1. The Hall–Kier alpha value is -1.55. The van der Waals surface area contributed by atoms with Crippen molar-refractivity contribution in [2.75, 3.05) is 11.9 Å². The minimum atomic E-state index is -0.206. The van der Waals surface area contributed by atoms with Gasteiger partial charge in [0, 0.05) is 43.2 Å². The van der Waals surface area contributed by atoms with Gasteiger partial charge in [0.15, 0.2) is 0 Å². The Kier molecular flexibility index (Phi) is 7.34. The maximum absolute atomic E-state index is 6.59. The first kappa shape index (κ1) is 25.1. The minimum absolute atomic E-state index is 0.102. The van der Waals surface area contributed by atoms with Crippen LogP contribution < -0.4 is 4.90 Å². The van der Waals surface area contributed by atoms with Crippen molar-refractivity contribution in [3.63, 3.8) is 0 Å². The number of hydrogen-bond acceptors (Lipinski definition) is 1. The van der Waals surface area contributed by atoms with Gasteiger partial charge in [0.2, 0.25) is 0 Å². The molecule has 0 unspecified atom stereocenters. The second-order valence-electron chi connectivity index (χ2n) is 9.39. The fourth-order valence-electron chi connectivity index (χ4n) is 4.35. The summed E-state index contributed by atoms with van der Waals surface area (Å²) in [7, 11) is 2.11. The molecule has 0 N–H and O–H groups in total. The summed E-state index contributed by atoms with van der Waals surface area (Å²) in [5, 5.41) is 0.668. The van der Waals surface area contributed by atoms with Gasteiger partial charge >= 0.3 is 0 Å². The Balaban J connectivity index is 1.83. The van der Waals surface area contributed by atoms with Gasteiger partial charge in [-0.25, -0.2) is 0 Å². The molecule has 0 amide bonds. The Morgan fingerprint density at radius 2 is 1.69 bits per heavy atom. The van der Waals surface area contributed by atoms with Crippen LogP contribution in [0.15, 0.2) is 92.5 Å². The lowest BCUT2D eigenvalue weighted by molar-refractivity contribution is 0.636. The molecule has 0 saturated carbocycles. The van der Waals surface area contributed by atoms with E-state index in [1.54, 1.807) is 0 Å². The summed E-state index contributed by atoms with van der Waals surface area (Å²) in [6.45, 7) is 15.4. The van der Waals surface area contributed by atoms with Crippen molar-refractivity contribution >= 4 is 49.1 Å². The lowest BCUT2D eigenvalue weighted by atomic mass is 9.76. The van der Waals surface area contributed by atoms with E-state index >= 15 is 0 Å². The van der Waals surface area contributed by atoms with Crippen LogP contribution in [-0.4, -0.2) is 7.05 Å². The second-order valence-corrected chi connectivity index (χ2v) is 11.7. The highest BCUT2D eigenvalue weighted by Crippen LogP contribution is 2.47. The molecule has 0 aliphatic carbocycles. The molecular weight excluding hydrogens is 546 g/mol. The maximum atomic E-state index is 6.59. The molecule has 168 valence electrons. The summed E-state index contributed by atoms with van der Waals surface area (Å²) in [5.41, 5.74) is 6.94. The molecule has 1 nitrogen and oxygen atoms in total. The quantitative estimate of drug-likeness (QED) is 0.321. The molecule has 0 fully saturated rings. The first-order valence-corrected chi connectivity index (χ1v) is 12.6. The third-order valence-electron chi connectivity index (χ3n) is 6.51. The second kappa shape index (κ2) is 9.37. The molecule has 2 aromatic carbocycles. The largest absolute Gasteiger partial charge is 0.347 e. The zero-order chi connectivity index (χ0) is 23.8. The number of fused-ring (bicyclic) bond motifs is 1. The van der Waals surface area contributed by atoms with Crippen LogP contribution in [0.3, 0.4) is 0 Å². The van der Waals surface area contributed by atoms with Crippen molar-refractivity contribution in [2.24, 2.45) is 0 Å². The first-order valence-electron chi connectivity index (χ1n) is 10.6. The molecule has 0 aromatic heterocycles. The maximum Gasteiger partial charge on any atom is 0.0448 e. The van der Waals surface area contributed by atoms with Gasteiger partial charge in [0.05, 0.1) is 0 Å². The molecule has 1 heterocycles. The number of hydrogen-bond donors (Lipinski definition) is 0. The zero-order valence-electron chi connectivity index (χ0n) is 19.6. The number of likely N-dealkylation sites (N-methyl/N-ethyl adjacent to an activating group) is 1. The Labute approximate surface area is 214 Å². The molecule has 0 saturated heterocycles. The summed E-state index contributed by atoms with van der Waals surface area (Å²) in [6, 6.07) is 12.8. The average molecular weight is 576 g/mol. The van der Waals surface area contributed by atoms with Gasteiger partial charge in [-0.05, 0) is 77.7 Å². The molecular formula is C28H30Br2ClN. The molecule has 0 bridgehead atoms. The summed E-state index contributed by atoms with van der Waals surface area (Å²) < 4.78 is 2.17. The average Bonchev–Trinajstić information content (AvgIpc) is 2.91. The SMILES string of the molecule is C=C(/C=C/C(Cl)=C/C=C1/N(C)c2ccc(Br)cc2C1(C)C)C(C)(C)c1cc(Br)ccc1C. The fraction of sp³-hybridized carbons (Fsp3) is 0.286. The number of benzene rings is 2. The van der Waals surface area contributed by atoms with E-state index in [4.69, 9.17) is 11.6 Å². The van der Waals surface area contributed by atoms with Gasteiger partial charge in [-0.3, -0.25) is 0 Å². The molecule has 4 heteroatoms. The van der Waals surface area contributed by atoms with E-state index in [1.165, 1.54) is 28.1 Å².